The summed E-state index contributed by atoms with van der Waals surface area (Å²) in [6.07, 6.45) is 5.98. The van der Waals surface area contributed by atoms with Gasteiger partial charge in [0.2, 0.25) is 0 Å². The monoisotopic (exact) mass is 218 g/mol. The molecule has 2 aromatic rings. The Morgan fingerprint density at radius 3 is 2.81 bits per heavy atom. The highest BCUT2D eigenvalue weighted by Gasteiger charge is 2.07. The van der Waals surface area contributed by atoms with Gasteiger partial charge in [0, 0.05) is 12.4 Å². The fourth-order valence-corrected chi connectivity index (χ4v) is 1.33. The van der Waals surface area contributed by atoms with Crippen LogP contribution < -0.4 is 5.32 Å². The van der Waals surface area contributed by atoms with Crippen LogP contribution in [-0.2, 0) is 6.54 Å². The normalized spacial score (nSPS) is 10.6. The van der Waals surface area contributed by atoms with Gasteiger partial charge in [0.05, 0.1) is 6.54 Å². The van der Waals surface area contributed by atoms with Gasteiger partial charge < -0.3 is 5.32 Å². The summed E-state index contributed by atoms with van der Waals surface area (Å²) in [6, 6.07) is 1.77. The van der Waals surface area contributed by atoms with Gasteiger partial charge >= 0.3 is 0 Å². The quantitative estimate of drug-likeness (QED) is 0.742. The zero-order chi connectivity index (χ0) is 11.2. The molecule has 6 heteroatoms. The summed E-state index contributed by atoms with van der Waals surface area (Å²) in [7, 11) is 0. The Hall–Kier alpha value is -1.82. The maximum absolute atomic E-state index is 4.17. The predicted molar refractivity (Wildman–Crippen MR) is 58.9 cm³/mol. The van der Waals surface area contributed by atoms with Gasteiger partial charge in [-0.2, -0.15) is 9.78 Å². The minimum Gasteiger partial charge on any atom is -0.310 e. The van der Waals surface area contributed by atoms with Crippen LogP contribution >= 0.6 is 0 Å². The van der Waals surface area contributed by atoms with Crippen LogP contribution in [0.1, 0.15) is 19.2 Å². The van der Waals surface area contributed by atoms with E-state index in [1.165, 1.54) is 6.33 Å². The van der Waals surface area contributed by atoms with E-state index < -0.39 is 0 Å². The summed E-state index contributed by atoms with van der Waals surface area (Å²) in [5, 5.41) is 7.37. The zero-order valence-electron chi connectivity index (χ0n) is 9.17. The van der Waals surface area contributed by atoms with Crippen molar-refractivity contribution < 1.29 is 0 Å². The van der Waals surface area contributed by atoms with Crippen molar-refractivity contribution in [1.82, 2.24) is 30.0 Å². The van der Waals surface area contributed by atoms with Gasteiger partial charge in [-0.25, -0.2) is 15.0 Å². The van der Waals surface area contributed by atoms with Gasteiger partial charge in [0.1, 0.15) is 12.2 Å². The first-order chi connectivity index (χ1) is 7.92. The predicted octanol–water partition coefficient (Wildman–Crippen LogP) is 0.557. The van der Waals surface area contributed by atoms with E-state index in [1.807, 2.05) is 0 Å². The van der Waals surface area contributed by atoms with Crippen molar-refractivity contribution >= 4 is 0 Å². The molecular weight excluding hydrogens is 204 g/mol. The van der Waals surface area contributed by atoms with Crippen molar-refractivity contribution in [3.63, 3.8) is 0 Å². The summed E-state index contributed by atoms with van der Waals surface area (Å²) in [6.45, 7) is 3.76. The number of hydrogen-bond donors (Lipinski definition) is 1. The maximum Gasteiger partial charge on any atom is 0.252 e. The van der Waals surface area contributed by atoms with E-state index in [2.05, 4.69) is 32.3 Å². The molecule has 2 heterocycles. The first-order valence-corrected chi connectivity index (χ1v) is 5.29. The highest BCUT2D eigenvalue weighted by atomic mass is 15.4. The van der Waals surface area contributed by atoms with Crippen molar-refractivity contribution in [2.45, 2.75) is 19.9 Å². The van der Waals surface area contributed by atoms with Crippen molar-refractivity contribution in [3.8, 4) is 5.95 Å². The third-order valence-corrected chi connectivity index (χ3v) is 2.07. The topological polar surface area (TPSA) is 68.5 Å². The average molecular weight is 218 g/mol. The molecule has 0 radical (unpaired) electrons. The summed E-state index contributed by atoms with van der Waals surface area (Å²) in [4.78, 5) is 12.4. The highest BCUT2D eigenvalue weighted by Crippen LogP contribution is 2.00. The molecule has 0 aliphatic carbocycles. The number of nitrogens with zero attached hydrogens (tertiary/aromatic N) is 5. The molecular formula is C10H14N6. The molecule has 0 saturated heterocycles. The first kappa shape index (κ1) is 10.7. The van der Waals surface area contributed by atoms with E-state index in [-0.39, 0.29) is 0 Å². The molecule has 2 rings (SSSR count). The van der Waals surface area contributed by atoms with Crippen LogP contribution in [0, 0.1) is 0 Å². The average Bonchev–Trinajstić information content (AvgIpc) is 2.79. The summed E-state index contributed by atoms with van der Waals surface area (Å²) in [5.41, 5.74) is 0. The Morgan fingerprint density at radius 2 is 2.06 bits per heavy atom. The molecule has 0 aromatic carbocycles. The highest BCUT2D eigenvalue weighted by molar-refractivity contribution is 5.09. The van der Waals surface area contributed by atoms with Crippen LogP contribution in [0.2, 0.25) is 0 Å². The van der Waals surface area contributed by atoms with Crippen LogP contribution in [-0.4, -0.2) is 31.3 Å². The van der Waals surface area contributed by atoms with E-state index >= 15 is 0 Å². The standard InChI is InChI=1S/C10H14N6/c1-2-4-11-7-9-14-8-15-16(9)10-12-5-3-6-13-10/h3,5-6,8,11H,2,4,7H2,1H3. The molecule has 0 aliphatic heterocycles. The van der Waals surface area contributed by atoms with Gasteiger partial charge in [-0.15, -0.1) is 0 Å². The molecule has 0 aliphatic rings. The maximum atomic E-state index is 4.17. The van der Waals surface area contributed by atoms with E-state index in [0.717, 1.165) is 18.8 Å². The van der Waals surface area contributed by atoms with Crippen LogP contribution in [0.4, 0.5) is 0 Å². The Kier molecular flexibility index (Phi) is 3.55. The Balaban J connectivity index is 2.13. The second-order valence-corrected chi connectivity index (χ2v) is 3.31. The largest absolute Gasteiger partial charge is 0.310 e. The van der Waals surface area contributed by atoms with Gasteiger partial charge in [-0.3, -0.25) is 0 Å². The second-order valence-electron chi connectivity index (χ2n) is 3.31. The third kappa shape index (κ3) is 2.40. The lowest BCUT2D eigenvalue weighted by Crippen LogP contribution is -2.18. The lowest BCUT2D eigenvalue weighted by Gasteiger charge is -2.04. The molecule has 0 amide bonds. The molecule has 0 saturated carbocycles. The van der Waals surface area contributed by atoms with Gasteiger partial charge in [-0.05, 0) is 19.0 Å². The molecule has 2 aromatic heterocycles. The second kappa shape index (κ2) is 5.32. The smallest absolute Gasteiger partial charge is 0.252 e. The fraction of sp³-hybridized carbons (Fsp3) is 0.400. The Bertz CT molecular complexity index is 424. The Labute approximate surface area is 93.8 Å². The molecule has 1 N–H and O–H groups in total. The van der Waals surface area contributed by atoms with Gasteiger partial charge in [0.25, 0.3) is 5.95 Å². The van der Waals surface area contributed by atoms with Crippen LogP contribution in [0.3, 0.4) is 0 Å². The van der Waals surface area contributed by atoms with Crippen LogP contribution in [0.5, 0.6) is 0 Å². The third-order valence-electron chi connectivity index (χ3n) is 2.07. The van der Waals surface area contributed by atoms with Crippen molar-refractivity contribution in [1.29, 1.82) is 0 Å². The molecule has 0 fully saturated rings. The molecule has 0 unspecified atom stereocenters. The zero-order valence-corrected chi connectivity index (χ0v) is 9.17. The number of hydrogen-bond acceptors (Lipinski definition) is 5. The lowest BCUT2D eigenvalue weighted by atomic mass is 10.4. The summed E-state index contributed by atoms with van der Waals surface area (Å²) < 4.78 is 1.64. The van der Waals surface area contributed by atoms with Crippen LogP contribution in [0.25, 0.3) is 5.95 Å². The minimum absolute atomic E-state index is 0.549. The molecule has 0 bridgehead atoms. The fourth-order valence-electron chi connectivity index (χ4n) is 1.33. The van der Waals surface area contributed by atoms with Crippen LogP contribution in [0.15, 0.2) is 24.8 Å². The van der Waals surface area contributed by atoms with E-state index in [0.29, 0.717) is 12.5 Å². The lowest BCUT2D eigenvalue weighted by molar-refractivity contribution is 0.625. The van der Waals surface area contributed by atoms with E-state index in [4.69, 9.17) is 0 Å². The van der Waals surface area contributed by atoms with Gasteiger partial charge in [0.15, 0.2) is 0 Å². The molecule has 16 heavy (non-hydrogen) atoms. The van der Waals surface area contributed by atoms with Gasteiger partial charge in [-0.1, -0.05) is 6.92 Å². The molecule has 0 spiro atoms. The summed E-state index contributed by atoms with van der Waals surface area (Å²) >= 11 is 0. The molecule has 84 valence electrons. The first-order valence-electron chi connectivity index (χ1n) is 5.29. The number of nitrogens with one attached hydrogen (secondary N) is 1. The molecule has 6 nitrogen and oxygen atoms in total. The SMILES string of the molecule is CCCNCc1ncnn1-c1ncccn1. The van der Waals surface area contributed by atoms with Crippen molar-refractivity contribution in [3.05, 3.63) is 30.6 Å². The van der Waals surface area contributed by atoms with E-state index in [9.17, 15) is 0 Å². The number of rotatable bonds is 5. The van der Waals surface area contributed by atoms with E-state index in [1.54, 1.807) is 23.1 Å². The van der Waals surface area contributed by atoms with Crippen molar-refractivity contribution in [2.24, 2.45) is 0 Å². The minimum atomic E-state index is 0.549. The molecule has 0 atom stereocenters. The summed E-state index contributed by atoms with van der Waals surface area (Å²) in [5.74, 6) is 1.37. The number of aromatic nitrogens is 5. The Morgan fingerprint density at radius 1 is 1.25 bits per heavy atom. The van der Waals surface area contributed by atoms with Crippen molar-refractivity contribution in [2.75, 3.05) is 6.54 Å².